The predicted molar refractivity (Wildman–Crippen MR) is 172 cm³/mol. The lowest BCUT2D eigenvalue weighted by molar-refractivity contribution is -0.687. The zero-order valence-corrected chi connectivity index (χ0v) is 27.0. The van der Waals surface area contributed by atoms with Gasteiger partial charge in [-0.15, -0.1) is 11.8 Å². The van der Waals surface area contributed by atoms with Crippen molar-refractivity contribution in [3.8, 4) is 0 Å². The van der Waals surface area contributed by atoms with Crippen molar-refractivity contribution in [3.05, 3.63) is 87.2 Å². The molecular formula is C30H26ClFN8O5S2. The summed E-state index contributed by atoms with van der Waals surface area (Å²) in [5, 5.41) is 24.0. The molecule has 242 valence electrons. The summed E-state index contributed by atoms with van der Waals surface area (Å²) in [5.74, 6) is -3.74. The monoisotopic (exact) mass is 696 g/mol. The highest BCUT2D eigenvalue weighted by Gasteiger charge is 2.53. The van der Waals surface area contributed by atoms with Gasteiger partial charge >= 0.3 is 0 Å². The first-order valence-electron chi connectivity index (χ1n) is 14.0. The summed E-state index contributed by atoms with van der Waals surface area (Å²) >= 11 is 8.49. The number of anilines is 1. The Morgan fingerprint density at radius 2 is 2.11 bits per heavy atom. The highest BCUT2D eigenvalue weighted by Crippen LogP contribution is 2.45. The van der Waals surface area contributed by atoms with Crippen molar-refractivity contribution in [1.82, 2.24) is 14.5 Å². The largest absolute Gasteiger partial charge is 0.543 e. The Labute approximate surface area is 279 Å². The molecule has 6 rings (SSSR count). The number of nitrogens with two attached hydrogens (primary N) is 2. The normalized spacial score (nSPS) is 17.9. The first-order chi connectivity index (χ1) is 22.5. The number of aromatic nitrogens is 3. The summed E-state index contributed by atoms with van der Waals surface area (Å²) in [7, 11) is 1.26. The van der Waals surface area contributed by atoms with E-state index in [2.05, 4.69) is 10.1 Å². The lowest BCUT2D eigenvalue weighted by Crippen LogP contribution is -2.63. The Bertz CT molecular complexity index is 2040. The Morgan fingerprint density at radius 3 is 2.77 bits per heavy atom. The number of fused-ring (bicyclic) bond motifs is 2. The number of hydrogen-bond acceptors (Lipinski definition) is 11. The smallest absolute Gasteiger partial charge is 0.234 e. The summed E-state index contributed by atoms with van der Waals surface area (Å²) in [6, 6.07) is 8.13. The van der Waals surface area contributed by atoms with Crippen molar-refractivity contribution in [2.24, 2.45) is 16.8 Å². The third-order valence-electron chi connectivity index (χ3n) is 7.88. The van der Waals surface area contributed by atoms with Crippen LogP contribution in [0.1, 0.15) is 23.2 Å². The number of nitrogens with zero attached hydrogens (tertiary/aromatic N) is 5. The number of carboxylic acids is 1. The minimum absolute atomic E-state index is 0.0540. The first kappa shape index (κ1) is 32.2. The van der Waals surface area contributed by atoms with Crippen LogP contribution in [0.2, 0.25) is 4.34 Å². The summed E-state index contributed by atoms with van der Waals surface area (Å²) in [5.41, 5.74) is 12.9. The molecule has 1 fully saturated rings. The van der Waals surface area contributed by atoms with Gasteiger partial charge in [0, 0.05) is 41.1 Å². The highest BCUT2D eigenvalue weighted by atomic mass is 35.5. The molecule has 0 unspecified atom stereocenters. The topological polar surface area (TPSA) is 197 Å². The number of carbonyl (C=O) groups is 3. The number of nitrogen functional groups attached to an aromatic ring is 2. The molecule has 2 atom stereocenters. The molecule has 0 radical (unpaired) electrons. The van der Waals surface area contributed by atoms with Gasteiger partial charge in [-0.3, -0.25) is 19.9 Å². The van der Waals surface area contributed by atoms with E-state index in [9.17, 15) is 23.9 Å². The molecule has 4 aromatic rings. The number of Topliss-reactive ketones (excluding diaryl/α,β-unsaturated/α-hetero) is 1. The fourth-order valence-electron chi connectivity index (χ4n) is 5.68. The highest BCUT2D eigenvalue weighted by molar-refractivity contribution is 8.00. The molecule has 0 spiro atoms. The number of halogens is 2. The van der Waals surface area contributed by atoms with E-state index in [-0.39, 0.29) is 57.7 Å². The van der Waals surface area contributed by atoms with E-state index in [1.165, 1.54) is 29.8 Å². The van der Waals surface area contributed by atoms with Crippen molar-refractivity contribution in [2.75, 3.05) is 18.6 Å². The van der Waals surface area contributed by atoms with Gasteiger partial charge in [-0.25, -0.2) is 13.9 Å². The number of oxime groups is 1. The van der Waals surface area contributed by atoms with E-state index >= 15 is 0 Å². The summed E-state index contributed by atoms with van der Waals surface area (Å²) in [6.45, 7) is 0.424. The zero-order chi connectivity index (χ0) is 33.6. The third kappa shape index (κ3) is 6.06. The van der Waals surface area contributed by atoms with Gasteiger partial charge in [0.1, 0.15) is 28.8 Å². The van der Waals surface area contributed by atoms with Crippen molar-refractivity contribution >= 4 is 79.9 Å². The molecule has 1 saturated heterocycles. The van der Waals surface area contributed by atoms with Crippen LogP contribution in [-0.2, 0) is 32.3 Å². The van der Waals surface area contributed by atoms with Crippen LogP contribution < -0.4 is 21.1 Å². The molecule has 1 aromatic carbocycles. The number of amides is 1. The van der Waals surface area contributed by atoms with Crippen molar-refractivity contribution < 1.29 is 33.3 Å². The second-order valence-corrected chi connectivity index (χ2v) is 13.5. The van der Waals surface area contributed by atoms with Gasteiger partial charge in [-0.2, -0.15) is 0 Å². The molecule has 2 aliphatic rings. The van der Waals surface area contributed by atoms with Gasteiger partial charge in [0.05, 0.1) is 40.4 Å². The lowest BCUT2D eigenvalue weighted by Gasteiger charge is -2.50. The zero-order valence-electron chi connectivity index (χ0n) is 24.6. The molecule has 47 heavy (non-hydrogen) atoms. The van der Waals surface area contributed by atoms with Crippen LogP contribution in [0, 0.1) is 17.1 Å². The average Bonchev–Trinajstić information content (AvgIpc) is 3.59. The number of hydrogen-bond donors (Lipinski definition) is 3. The van der Waals surface area contributed by atoms with E-state index in [4.69, 9.17) is 33.3 Å². The van der Waals surface area contributed by atoms with Crippen LogP contribution in [0.3, 0.4) is 0 Å². The van der Waals surface area contributed by atoms with Crippen molar-refractivity contribution in [3.63, 3.8) is 0 Å². The van der Waals surface area contributed by atoms with Crippen LogP contribution in [0.5, 0.6) is 0 Å². The van der Waals surface area contributed by atoms with E-state index in [1.807, 2.05) is 29.1 Å². The molecule has 1 amide bonds. The molecule has 0 bridgehead atoms. The van der Waals surface area contributed by atoms with Crippen LogP contribution in [0.25, 0.3) is 10.9 Å². The number of carbonyl (C=O) groups excluding carboxylic acids is 3. The molecule has 0 saturated carbocycles. The number of amidine groups is 1. The number of carboxylic acid groups (broad SMARTS) is 1. The SMILES string of the molecule is CO/N=C(\C(=O)C[C@@H]1C(=O)N2C(C(=O)[O-])=C(C[n+]3ccc4c(ccn4Cc4ccc(C(=N)N)cc4F)c3)CS[C@H]12)c1nc(N)sc1Cl. The van der Waals surface area contributed by atoms with Crippen LogP contribution in [0.4, 0.5) is 9.52 Å². The minimum atomic E-state index is -1.49. The molecule has 3 aromatic heterocycles. The van der Waals surface area contributed by atoms with Gasteiger partial charge in [0.25, 0.3) is 0 Å². The summed E-state index contributed by atoms with van der Waals surface area (Å²) in [4.78, 5) is 48.9. The van der Waals surface area contributed by atoms with E-state index < -0.39 is 34.8 Å². The Hall–Kier alpha value is -4.80. The minimum Gasteiger partial charge on any atom is -0.543 e. The molecule has 0 aliphatic carbocycles. The molecule has 2 aliphatic heterocycles. The Balaban J connectivity index is 1.19. The van der Waals surface area contributed by atoms with Gasteiger partial charge in [0.2, 0.25) is 5.91 Å². The number of thioether (sulfide) groups is 1. The van der Waals surface area contributed by atoms with Crippen LogP contribution >= 0.6 is 34.7 Å². The number of aliphatic carboxylic acids is 1. The number of rotatable bonds is 11. The number of pyridine rings is 1. The van der Waals surface area contributed by atoms with Crippen molar-refractivity contribution in [2.45, 2.75) is 24.9 Å². The standard InChI is InChI=1S/C30H26ClFN8O5S2/c1-45-37-22(23-25(31)47-30(35)36-23)21(41)9-18-27(42)40-24(29(43)44)17(13-46-28(18)40)11-38-6-5-20-16(10-38)4-7-39(20)12-15-3-2-14(26(33)34)8-19(15)32/h2-8,10,18,28H,9,11-13H2,1H3,(H5-,33,34,35,36,43,44)/b37-22+/t18-,28-/m1/s1. The third-order valence-corrected chi connectivity index (χ3v) is 10.4. The van der Waals surface area contributed by atoms with Gasteiger partial charge in [-0.1, -0.05) is 40.2 Å². The van der Waals surface area contributed by atoms with E-state index in [1.54, 1.807) is 22.9 Å². The first-order valence-corrected chi connectivity index (χ1v) is 16.3. The van der Waals surface area contributed by atoms with Gasteiger partial charge in [0.15, 0.2) is 35.6 Å². The quantitative estimate of drug-likeness (QED) is 0.0686. The Morgan fingerprint density at radius 1 is 1.32 bits per heavy atom. The fraction of sp³-hybridized carbons (Fsp3) is 0.233. The number of β-lactam (4-membered cyclic amide) rings is 1. The average molecular weight is 697 g/mol. The van der Waals surface area contributed by atoms with Gasteiger partial charge < -0.3 is 30.8 Å². The maximum atomic E-state index is 14.7. The van der Waals surface area contributed by atoms with Crippen molar-refractivity contribution in [1.29, 1.82) is 5.41 Å². The van der Waals surface area contributed by atoms with E-state index in [0.29, 0.717) is 16.7 Å². The second-order valence-electron chi connectivity index (χ2n) is 10.8. The fourth-order valence-corrected chi connectivity index (χ4v) is 8.01. The summed E-state index contributed by atoms with van der Waals surface area (Å²) < 4.78 is 18.5. The molecule has 5 N–H and O–H groups in total. The number of thiazole rings is 1. The molecule has 5 heterocycles. The maximum Gasteiger partial charge on any atom is 0.234 e. The maximum absolute atomic E-state index is 14.7. The molecule has 17 heteroatoms. The summed E-state index contributed by atoms with van der Waals surface area (Å²) in [6.07, 6.45) is 5.17. The predicted octanol–water partition coefficient (Wildman–Crippen LogP) is 1.64. The Kier molecular flexibility index (Phi) is 8.74. The number of nitrogens with one attached hydrogen (secondary N) is 1. The van der Waals surface area contributed by atoms with Crippen LogP contribution in [-0.4, -0.2) is 61.9 Å². The van der Waals surface area contributed by atoms with E-state index in [0.717, 1.165) is 22.2 Å². The molecular weight excluding hydrogens is 671 g/mol. The van der Waals surface area contributed by atoms with Crippen LogP contribution in [0.15, 0.2) is 65.3 Å². The lowest BCUT2D eigenvalue weighted by atomic mass is 9.89. The van der Waals surface area contributed by atoms with Gasteiger partial charge in [-0.05, 0) is 12.1 Å². The number of benzene rings is 1. The second kappa shape index (κ2) is 12.8. The molecule has 13 nitrogen and oxygen atoms in total. The number of ketones is 1.